The molecule has 12 nitrogen and oxygen atoms in total. The number of phenols is 3. The van der Waals surface area contributed by atoms with E-state index in [1.165, 1.54) is 43.6 Å². The van der Waals surface area contributed by atoms with Crippen LogP contribution in [0.3, 0.4) is 0 Å². The molecule has 5 aliphatic rings. The third-order valence-corrected chi connectivity index (χ3v) is 14.4. The van der Waals surface area contributed by atoms with Gasteiger partial charge in [0.05, 0.1) is 51.9 Å². The van der Waals surface area contributed by atoms with Gasteiger partial charge in [-0.1, -0.05) is 45.9 Å². The number of rotatable bonds is 2. The standard InChI is InChI=1S/C41H53NO11S2/c1-18-12-11-13-19(2)38(48)42-29-28(39-54-16-17-55-39)32(45)25-26(33(29)46)31(44)22(5)36-27(25)37(47)41(9,53-36)50-15-14-24(49-10)20(3)34-23(6)35(21(4)30(18)43)52-40(7,8)51-34/h11-15,18,20-21,23-24,30,34-35,39,43-46H,16-17H2,1-10H3,(H,42,48)/b12-11-,15-14+,19-13+. The molecule has 7 rings (SSSR count). The molecule has 1 amide bonds. The minimum Gasteiger partial charge on any atom is -0.507 e. The van der Waals surface area contributed by atoms with Crippen molar-refractivity contribution in [2.75, 3.05) is 23.9 Å². The molecular weight excluding hydrogens is 747 g/mol. The molecule has 0 aliphatic carbocycles. The maximum absolute atomic E-state index is 14.4. The summed E-state index contributed by atoms with van der Waals surface area (Å²) in [6.45, 7) is 16.2. The maximum Gasteiger partial charge on any atom is 0.312 e. The van der Waals surface area contributed by atoms with Crippen LogP contribution in [0.15, 0.2) is 36.1 Å². The lowest BCUT2D eigenvalue weighted by atomic mass is 9.77. The minimum absolute atomic E-state index is 0.00560. The smallest absolute Gasteiger partial charge is 0.312 e. The summed E-state index contributed by atoms with van der Waals surface area (Å²) in [6, 6.07) is 0. The second kappa shape index (κ2) is 15.5. The Balaban J connectivity index is 1.52. The normalized spacial score (nSPS) is 35.2. The van der Waals surface area contributed by atoms with Gasteiger partial charge in [-0.2, -0.15) is 0 Å². The highest BCUT2D eigenvalue weighted by Crippen LogP contribution is 2.60. The fraction of sp³-hybridized carbons (Fsp3) is 0.561. The molecule has 5 N–H and O–H groups in total. The first-order valence-electron chi connectivity index (χ1n) is 18.6. The average Bonchev–Trinajstić information content (AvgIpc) is 3.76. The van der Waals surface area contributed by atoms with Gasteiger partial charge in [0.1, 0.15) is 17.2 Å². The summed E-state index contributed by atoms with van der Waals surface area (Å²) < 4.78 is 30.7. The van der Waals surface area contributed by atoms with Crippen LogP contribution in [0.1, 0.15) is 81.5 Å². The third kappa shape index (κ3) is 7.34. The first-order valence-corrected chi connectivity index (χ1v) is 20.7. The number of aliphatic hydroxyl groups is 1. The van der Waals surface area contributed by atoms with E-state index in [1.807, 2.05) is 47.6 Å². The Bertz CT molecular complexity index is 1950. The van der Waals surface area contributed by atoms with E-state index in [2.05, 4.69) is 5.32 Å². The number of Topliss-reactive ketones (excluding diaryl/α,β-unsaturated/α-hetero) is 1. The molecule has 2 saturated heterocycles. The molecular formula is C41H53NO11S2. The number of nitrogens with one attached hydrogen (secondary N) is 1. The highest BCUT2D eigenvalue weighted by molar-refractivity contribution is 8.19. The van der Waals surface area contributed by atoms with E-state index in [1.54, 1.807) is 32.3 Å². The van der Waals surface area contributed by atoms with Crippen LogP contribution in [0, 0.1) is 30.6 Å². The van der Waals surface area contributed by atoms with E-state index in [9.17, 15) is 30.0 Å². The van der Waals surface area contributed by atoms with Gasteiger partial charge in [0.2, 0.25) is 0 Å². The number of phenolic OH excluding ortho intramolecular Hbond substituents is 3. The summed E-state index contributed by atoms with van der Waals surface area (Å²) in [7, 11) is 1.57. The van der Waals surface area contributed by atoms with Gasteiger partial charge in [0.25, 0.3) is 11.7 Å². The van der Waals surface area contributed by atoms with Crippen molar-refractivity contribution in [1.82, 2.24) is 0 Å². The summed E-state index contributed by atoms with van der Waals surface area (Å²) >= 11 is 3.04. The molecule has 2 fully saturated rings. The topological polar surface area (TPSA) is 173 Å². The average molecular weight is 800 g/mol. The number of fused-ring (bicyclic) bond motifs is 10. The fourth-order valence-electron chi connectivity index (χ4n) is 8.19. The summed E-state index contributed by atoms with van der Waals surface area (Å²) in [6.07, 6.45) is 6.05. The number of aliphatic hydroxyl groups excluding tert-OH is 1. The quantitative estimate of drug-likeness (QED) is 0.150. The Kier molecular flexibility index (Phi) is 11.6. The van der Waals surface area contributed by atoms with Crippen molar-refractivity contribution in [2.45, 2.75) is 103 Å². The predicted octanol–water partition coefficient (Wildman–Crippen LogP) is 7.46. The summed E-state index contributed by atoms with van der Waals surface area (Å²) in [5, 5.41) is 49.6. The van der Waals surface area contributed by atoms with Crippen molar-refractivity contribution in [3.05, 3.63) is 52.8 Å². The second-order valence-corrected chi connectivity index (χ2v) is 18.4. The second-order valence-electron chi connectivity index (χ2n) is 15.7. The molecule has 300 valence electrons. The highest BCUT2D eigenvalue weighted by atomic mass is 32.2. The molecule has 2 aromatic carbocycles. The summed E-state index contributed by atoms with van der Waals surface area (Å²) in [5.74, 6) is -4.91. The first kappa shape index (κ1) is 41.2. The maximum atomic E-state index is 14.4. The van der Waals surface area contributed by atoms with E-state index in [0.29, 0.717) is 0 Å². The highest BCUT2D eigenvalue weighted by Gasteiger charge is 2.51. The van der Waals surface area contributed by atoms with Gasteiger partial charge in [-0.25, -0.2) is 0 Å². The van der Waals surface area contributed by atoms with Crippen LogP contribution in [0.2, 0.25) is 0 Å². The van der Waals surface area contributed by atoms with Crippen molar-refractivity contribution in [2.24, 2.45) is 23.7 Å². The van der Waals surface area contributed by atoms with Crippen molar-refractivity contribution in [1.29, 1.82) is 0 Å². The lowest BCUT2D eigenvalue weighted by Crippen LogP contribution is -2.57. The van der Waals surface area contributed by atoms with Crippen molar-refractivity contribution in [3.63, 3.8) is 0 Å². The van der Waals surface area contributed by atoms with Crippen LogP contribution >= 0.6 is 23.5 Å². The molecule has 14 heteroatoms. The van der Waals surface area contributed by atoms with Gasteiger partial charge < -0.3 is 49.4 Å². The van der Waals surface area contributed by atoms with Gasteiger partial charge >= 0.3 is 5.79 Å². The van der Waals surface area contributed by atoms with Crippen molar-refractivity contribution < 1.29 is 53.7 Å². The van der Waals surface area contributed by atoms with Crippen LogP contribution in [-0.4, -0.2) is 86.7 Å². The van der Waals surface area contributed by atoms with Gasteiger partial charge in [0.15, 0.2) is 11.5 Å². The zero-order valence-electron chi connectivity index (χ0n) is 33.0. The Morgan fingerprint density at radius 2 is 1.51 bits per heavy atom. The van der Waals surface area contributed by atoms with Crippen molar-refractivity contribution >= 4 is 51.7 Å². The lowest BCUT2D eigenvalue weighted by molar-refractivity contribution is -0.341. The molecule has 7 bridgehead atoms. The van der Waals surface area contributed by atoms with E-state index in [-0.39, 0.29) is 86.1 Å². The predicted molar refractivity (Wildman–Crippen MR) is 214 cm³/mol. The molecule has 0 spiro atoms. The number of thioether (sulfide) groups is 2. The SMILES string of the molecule is COC1/C=C/OC2(C)Oc3c(C)c(O)c4c(O)c(c(C5SCCS5)c(O)c4c3C2=O)NC(=O)/C(C)=C/C=C\C(C)C(O)C(C)C2OC(C)(C)OC(C1C)C2C. The zero-order chi connectivity index (χ0) is 40.3. The van der Waals surface area contributed by atoms with Gasteiger partial charge in [-0.3, -0.25) is 9.59 Å². The molecule has 0 radical (unpaired) electrons. The number of allylic oxidation sites excluding steroid dienone is 2. The number of anilines is 1. The Labute approximate surface area is 330 Å². The Morgan fingerprint density at radius 3 is 2.15 bits per heavy atom. The first-order chi connectivity index (χ1) is 25.8. The Hall–Kier alpha value is -3.40. The van der Waals surface area contributed by atoms with E-state index in [0.717, 1.165) is 11.5 Å². The van der Waals surface area contributed by atoms with Crippen LogP contribution < -0.4 is 10.1 Å². The lowest BCUT2D eigenvalue weighted by Gasteiger charge is -2.50. The van der Waals surface area contributed by atoms with Gasteiger partial charge in [-0.05, 0) is 33.8 Å². The number of benzene rings is 2. The summed E-state index contributed by atoms with van der Waals surface area (Å²) in [4.78, 5) is 28.1. The summed E-state index contributed by atoms with van der Waals surface area (Å²) in [5.41, 5.74) is 0.506. The molecule has 2 aromatic rings. The number of carbonyl (C=O) groups excluding carboxylic acids is 2. The largest absolute Gasteiger partial charge is 0.507 e. The number of hydrogen-bond donors (Lipinski definition) is 5. The molecule has 55 heavy (non-hydrogen) atoms. The van der Waals surface area contributed by atoms with E-state index >= 15 is 0 Å². The fourth-order valence-corrected chi connectivity index (χ4v) is 11.1. The molecule has 5 aliphatic heterocycles. The molecule has 5 heterocycles. The number of ketones is 1. The number of methoxy groups -OCH3 is 1. The van der Waals surface area contributed by atoms with Crippen LogP contribution in [0.25, 0.3) is 10.8 Å². The monoisotopic (exact) mass is 799 g/mol. The number of ether oxygens (including phenoxy) is 5. The van der Waals surface area contributed by atoms with Crippen LogP contribution in [0.4, 0.5) is 5.69 Å². The zero-order valence-corrected chi connectivity index (χ0v) is 34.6. The molecule has 9 unspecified atom stereocenters. The molecule has 0 aromatic heterocycles. The van der Waals surface area contributed by atoms with Crippen molar-refractivity contribution in [3.8, 4) is 23.0 Å². The number of carbonyl (C=O) groups is 2. The van der Waals surface area contributed by atoms with Gasteiger partial charge in [0, 0.05) is 71.3 Å². The minimum atomic E-state index is -1.92. The molecule has 9 atom stereocenters. The molecule has 0 saturated carbocycles. The van der Waals surface area contributed by atoms with Crippen LogP contribution in [-0.2, 0) is 23.7 Å². The number of aromatic hydroxyl groups is 3. The van der Waals surface area contributed by atoms with Crippen LogP contribution in [0.5, 0.6) is 23.0 Å². The number of hydrogen-bond acceptors (Lipinski definition) is 13. The van der Waals surface area contributed by atoms with E-state index < -0.39 is 51.6 Å². The third-order valence-electron chi connectivity index (χ3n) is 11.4. The van der Waals surface area contributed by atoms with E-state index in [4.69, 9.17) is 23.7 Å². The number of amides is 1. The Morgan fingerprint density at radius 1 is 0.873 bits per heavy atom. The van der Waals surface area contributed by atoms with Gasteiger partial charge in [-0.15, -0.1) is 23.5 Å².